The van der Waals surface area contributed by atoms with E-state index in [1.54, 1.807) is 47.0 Å². The molecule has 10 nitrogen and oxygen atoms in total. The third-order valence-electron chi connectivity index (χ3n) is 7.71. The zero-order valence-electron chi connectivity index (χ0n) is 23.8. The number of fused-ring (bicyclic) bond motifs is 1. The molecule has 45 heavy (non-hydrogen) atoms. The third kappa shape index (κ3) is 5.21. The van der Waals surface area contributed by atoms with Crippen molar-refractivity contribution in [3.63, 3.8) is 0 Å². The fourth-order valence-corrected chi connectivity index (χ4v) is 5.50. The number of aromatic amines is 1. The molecule has 0 atom stereocenters. The van der Waals surface area contributed by atoms with Crippen LogP contribution in [0.25, 0.3) is 55.9 Å². The fraction of sp³-hybridized carbons (Fsp3) is 0.0286. The van der Waals surface area contributed by atoms with E-state index in [-0.39, 0.29) is 17.7 Å². The van der Waals surface area contributed by atoms with Gasteiger partial charge in [0.2, 0.25) is 5.82 Å². The van der Waals surface area contributed by atoms with Crippen LogP contribution in [0.3, 0.4) is 0 Å². The molecule has 0 spiro atoms. The largest absolute Gasteiger partial charge is 0.478 e. The van der Waals surface area contributed by atoms with Gasteiger partial charge in [-0.05, 0) is 57.3 Å². The summed E-state index contributed by atoms with van der Waals surface area (Å²) in [7, 11) is 0. The lowest BCUT2D eigenvalue weighted by Crippen LogP contribution is -2.24. The van der Waals surface area contributed by atoms with Gasteiger partial charge >= 0.3 is 5.97 Å². The first-order chi connectivity index (χ1) is 22.0. The van der Waals surface area contributed by atoms with Crippen LogP contribution in [0.15, 0.2) is 120 Å². The van der Waals surface area contributed by atoms with Gasteiger partial charge in [0.1, 0.15) is 5.82 Å². The maximum absolute atomic E-state index is 13.9. The standard InChI is InChI=1S/C35H25N7O3/c36-25-17-18-31-30(19-25)34(43)42(33(37-31)24-15-13-23(14-16-24)27-6-2-4-8-29(27)35(44)45)20-21-9-11-22(12-10-21)26-5-1-3-7-28(26)32-38-40-41-39-32/h1-19H,20,36H2,(H,44,45)(H,38,39,40,41). The zero-order chi connectivity index (χ0) is 30.9. The van der Waals surface area contributed by atoms with Crippen molar-refractivity contribution in [2.24, 2.45) is 0 Å². The molecule has 7 rings (SSSR count). The number of hydrogen-bond acceptors (Lipinski definition) is 7. The van der Waals surface area contributed by atoms with Gasteiger partial charge in [-0.2, -0.15) is 5.21 Å². The van der Waals surface area contributed by atoms with Crippen molar-refractivity contribution in [2.45, 2.75) is 6.54 Å². The number of tetrazole rings is 1. The van der Waals surface area contributed by atoms with E-state index in [2.05, 4.69) is 20.6 Å². The molecule has 0 fully saturated rings. The Balaban J connectivity index is 1.28. The molecule has 10 heteroatoms. The monoisotopic (exact) mass is 591 g/mol. The first-order valence-corrected chi connectivity index (χ1v) is 14.1. The Morgan fingerprint density at radius 2 is 1.42 bits per heavy atom. The minimum absolute atomic E-state index is 0.214. The van der Waals surface area contributed by atoms with Gasteiger partial charge in [-0.1, -0.05) is 91.0 Å². The lowest BCUT2D eigenvalue weighted by molar-refractivity contribution is 0.0697. The van der Waals surface area contributed by atoms with Crippen LogP contribution in [0.2, 0.25) is 0 Å². The van der Waals surface area contributed by atoms with Crippen LogP contribution in [0.4, 0.5) is 5.69 Å². The van der Waals surface area contributed by atoms with Crippen molar-refractivity contribution >= 4 is 22.6 Å². The molecule has 0 unspecified atom stereocenters. The second kappa shape index (κ2) is 11.3. The maximum Gasteiger partial charge on any atom is 0.336 e. The van der Waals surface area contributed by atoms with Gasteiger partial charge in [-0.3, -0.25) is 9.36 Å². The lowest BCUT2D eigenvalue weighted by Gasteiger charge is -2.15. The van der Waals surface area contributed by atoms with E-state index in [0.717, 1.165) is 27.8 Å². The quantitative estimate of drug-likeness (QED) is 0.194. The Hall–Kier alpha value is -6.42. The van der Waals surface area contributed by atoms with Crippen LogP contribution in [-0.4, -0.2) is 41.3 Å². The van der Waals surface area contributed by atoms with Crippen LogP contribution in [0.5, 0.6) is 0 Å². The molecule has 2 aromatic heterocycles. The molecule has 0 saturated heterocycles. The highest BCUT2D eigenvalue weighted by Gasteiger charge is 2.16. The molecule has 0 bridgehead atoms. The van der Waals surface area contributed by atoms with Gasteiger partial charge in [0.25, 0.3) is 5.56 Å². The van der Waals surface area contributed by atoms with Gasteiger partial charge in [-0.15, -0.1) is 10.2 Å². The predicted molar refractivity (Wildman–Crippen MR) is 172 cm³/mol. The average molecular weight is 592 g/mol. The number of carbonyl (C=O) groups is 1. The number of anilines is 1. The first kappa shape index (κ1) is 27.4. The third-order valence-corrected chi connectivity index (χ3v) is 7.71. The van der Waals surface area contributed by atoms with Crippen molar-refractivity contribution in [3.8, 4) is 45.0 Å². The molecular formula is C35H25N7O3. The van der Waals surface area contributed by atoms with Crippen molar-refractivity contribution in [1.82, 2.24) is 30.2 Å². The molecular weight excluding hydrogens is 566 g/mol. The Bertz CT molecular complexity index is 2240. The molecule has 0 aliphatic rings. The van der Waals surface area contributed by atoms with Gasteiger partial charge in [0.15, 0.2) is 0 Å². The summed E-state index contributed by atoms with van der Waals surface area (Å²) in [6.07, 6.45) is 0. The molecule has 4 N–H and O–H groups in total. The number of aromatic carboxylic acids is 1. The number of rotatable bonds is 7. The zero-order valence-corrected chi connectivity index (χ0v) is 23.8. The number of nitrogens with one attached hydrogen (secondary N) is 1. The lowest BCUT2D eigenvalue weighted by atomic mass is 9.98. The molecule has 7 aromatic rings. The normalized spacial score (nSPS) is 11.1. The van der Waals surface area contributed by atoms with Crippen molar-refractivity contribution in [1.29, 1.82) is 0 Å². The van der Waals surface area contributed by atoms with Crippen molar-refractivity contribution in [3.05, 3.63) is 137 Å². The Morgan fingerprint density at radius 1 is 0.778 bits per heavy atom. The molecule has 0 radical (unpaired) electrons. The minimum Gasteiger partial charge on any atom is -0.478 e. The minimum atomic E-state index is -0.997. The molecule has 5 aromatic carbocycles. The number of aromatic nitrogens is 6. The van der Waals surface area contributed by atoms with E-state index in [0.29, 0.717) is 39.4 Å². The van der Waals surface area contributed by atoms with Gasteiger partial charge in [0.05, 0.1) is 23.0 Å². The number of carboxylic acids is 1. The van der Waals surface area contributed by atoms with Gasteiger partial charge in [0, 0.05) is 16.8 Å². The average Bonchev–Trinajstić information content (AvgIpc) is 3.62. The van der Waals surface area contributed by atoms with Crippen LogP contribution in [0, 0.1) is 0 Å². The second-order valence-electron chi connectivity index (χ2n) is 10.5. The summed E-state index contributed by atoms with van der Waals surface area (Å²) in [5.74, 6) is -0.00461. The van der Waals surface area contributed by atoms with E-state index in [4.69, 9.17) is 10.7 Å². The van der Waals surface area contributed by atoms with Crippen molar-refractivity contribution < 1.29 is 9.90 Å². The highest BCUT2D eigenvalue weighted by atomic mass is 16.4. The predicted octanol–water partition coefficient (Wildman–Crippen LogP) is 5.91. The number of H-pyrrole nitrogens is 1. The smallest absolute Gasteiger partial charge is 0.336 e. The highest BCUT2D eigenvalue weighted by Crippen LogP contribution is 2.31. The SMILES string of the molecule is Nc1ccc2nc(-c3ccc(-c4ccccc4C(=O)O)cc3)n(Cc3ccc(-c4ccccc4-c4nn[nH]n4)cc3)c(=O)c2c1. The van der Waals surface area contributed by atoms with Crippen molar-refractivity contribution in [2.75, 3.05) is 5.73 Å². The second-order valence-corrected chi connectivity index (χ2v) is 10.5. The summed E-state index contributed by atoms with van der Waals surface area (Å²) in [5, 5.41) is 24.5. The van der Waals surface area contributed by atoms with Gasteiger partial charge in [-0.25, -0.2) is 9.78 Å². The van der Waals surface area contributed by atoms with Crippen LogP contribution in [0.1, 0.15) is 15.9 Å². The Labute approximate surface area is 256 Å². The van der Waals surface area contributed by atoms with Crippen LogP contribution >= 0.6 is 0 Å². The first-order valence-electron chi connectivity index (χ1n) is 14.1. The summed E-state index contributed by atoms with van der Waals surface area (Å²) >= 11 is 0. The van der Waals surface area contributed by atoms with E-state index in [1.165, 1.54) is 0 Å². The number of nitrogen functional groups attached to an aromatic ring is 1. The molecule has 0 saturated carbocycles. The van der Waals surface area contributed by atoms with Crippen LogP contribution < -0.4 is 11.3 Å². The number of nitrogens with two attached hydrogens (primary N) is 1. The summed E-state index contributed by atoms with van der Waals surface area (Å²) in [4.78, 5) is 30.6. The number of benzene rings is 5. The summed E-state index contributed by atoms with van der Waals surface area (Å²) < 4.78 is 1.64. The molecule has 0 amide bonds. The van der Waals surface area contributed by atoms with Gasteiger partial charge < -0.3 is 10.8 Å². The molecule has 0 aliphatic heterocycles. The fourth-order valence-electron chi connectivity index (χ4n) is 5.50. The summed E-state index contributed by atoms with van der Waals surface area (Å²) in [5.41, 5.74) is 12.8. The van der Waals surface area contributed by atoms with Crippen LogP contribution in [-0.2, 0) is 6.54 Å². The molecule has 0 aliphatic carbocycles. The highest BCUT2D eigenvalue weighted by molar-refractivity contribution is 5.96. The number of hydrogen-bond donors (Lipinski definition) is 3. The van der Waals surface area contributed by atoms with E-state index < -0.39 is 5.97 Å². The maximum atomic E-state index is 13.9. The van der Waals surface area contributed by atoms with E-state index in [9.17, 15) is 14.7 Å². The number of carboxylic acid groups (broad SMARTS) is 1. The Morgan fingerprint density at radius 3 is 2.13 bits per heavy atom. The number of nitrogens with zero attached hydrogens (tertiary/aromatic N) is 5. The molecule has 2 heterocycles. The topological polar surface area (TPSA) is 153 Å². The van der Waals surface area contributed by atoms with E-state index in [1.807, 2.05) is 72.8 Å². The summed E-state index contributed by atoms with van der Waals surface area (Å²) in [6.45, 7) is 0.266. The molecule has 218 valence electrons. The Kier molecular flexibility index (Phi) is 6.91. The van der Waals surface area contributed by atoms with E-state index >= 15 is 0 Å². The summed E-state index contributed by atoms with van der Waals surface area (Å²) in [6, 6.07) is 35.2.